The van der Waals surface area contributed by atoms with Crippen LogP contribution in [-0.2, 0) is 20.7 Å². The average Bonchev–Trinajstić information content (AvgIpc) is 3.45. The number of piperazine rings is 1. The number of carbonyl (C=O) groups excluding carboxylic acids is 2. The number of amides is 1. The maximum Gasteiger partial charge on any atom is 0.389 e. The first-order valence-corrected chi connectivity index (χ1v) is 14.9. The number of aryl methyl sites for hydroxylation is 1. The Hall–Kier alpha value is -3.31. The first-order chi connectivity index (χ1) is 19.8. The van der Waals surface area contributed by atoms with Gasteiger partial charge in [-0.2, -0.15) is 13.2 Å². The van der Waals surface area contributed by atoms with Gasteiger partial charge in [0.1, 0.15) is 5.75 Å². The van der Waals surface area contributed by atoms with Crippen molar-refractivity contribution < 1.29 is 32.2 Å². The number of ether oxygens (including phenoxy) is 2. The van der Waals surface area contributed by atoms with Gasteiger partial charge in [-0.15, -0.1) is 11.3 Å². The van der Waals surface area contributed by atoms with Crippen molar-refractivity contribution in [2.24, 2.45) is 0 Å². The average molecular weight is 590 g/mol. The number of hydrogen-bond donors (Lipinski definition) is 0. The summed E-state index contributed by atoms with van der Waals surface area (Å²) in [5, 5.41) is 3.48. The van der Waals surface area contributed by atoms with Gasteiger partial charge in [0.15, 0.2) is 6.73 Å². The van der Waals surface area contributed by atoms with Crippen LogP contribution in [0.15, 0.2) is 47.8 Å². The number of esters is 1. The van der Waals surface area contributed by atoms with Crippen molar-refractivity contribution >= 4 is 44.7 Å². The van der Waals surface area contributed by atoms with Crippen LogP contribution in [0.1, 0.15) is 37.7 Å². The second-order valence-electron chi connectivity index (χ2n) is 10.4. The quantitative estimate of drug-likeness (QED) is 0.202. The monoisotopic (exact) mass is 589 g/mol. The van der Waals surface area contributed by atoms with Gasteiger partial charge in [0.05, 0.1) is 25.1 Å². The Morgan fingerprint density at radius 3 is 2.61 bits per heavy atom. The lowest BCUT2D eigenvalue weighted by Crippen LogP contribution is -2.46. The maximum atomic E-state index is 12.5. The standard InChI is InChI=1S/C30H34F3N3O4S/c31-30(32,33)12-10-29(38)40-21-36-26-20-23(8-6-22(26)7-9-28(36)37)39-18-2-1-13-34-14-16-35(17-15-34)25-4-3-5-27-24(25)11-19-41-27/h3-6,8,11,19-20H,1-2,7,9-10,12-18,21H2. The van der Waals surface area contributed by atoms with Crippen LogP contribution in [0.5, 0.6) is 5.75 Å². The molecule has 0 radical (unpaired) electrons. The number of thiophene rings is 1. The van der Waals surface area contributed by atoms with Gasteiger partial charge in [-0.05, 0) is 61.0 Å². The molecule has 1 saturated heterocycles. The Morgan fingerprint density at radius 2 is 1.80 bits per heavy atom. The predicted molar refractivity (Wildman–Crippen MR) is 154 cm³/mol. The second-order valence-corrected chi connectivity index (χ2v) is 11.3. The number of rotatable bonds is 11. The SMILES string of the molecule is O=C(CCC(F)(F)F)OCN1C(=O)CCc2ccc(OCCCCN3CCN(c4cccc5sccc45)CC3)cc21. The molecule has 1 aromatic heterocycles. The van der Waals surface area contributed by atoms with Crippen LogP contribution in [0.2, 0.25) is 0 Å². The van der Waals surface area contributed by atoms with Gasteiger partial charge in [0.2, 0.25) is 5.91 Å². The number of benzene rings is 2. The molecule has 0 atom stereocenters. The molecule has 1 fully saturated rings. The molecular formula is C30H34F3N3O4S. The van der Waals surface area contributed by atoms with Gasteiger partial charge in [-0.25, -0.2) is 0 Å². The maximum absolute atomic E-state index is 12.5. The molecule has 1 amide bonds. The molecular weight excluding hydrogens is 555 g/mol. The summed E-state index contributed by atoms with van der Waals surface area (Å²) in [6, 6.07) is 14.2. The molecule has 0 unspecified atom stereocenters. The van der Waals surface area contributed by atoms with E-state index in [-0.39, 0.29) is 12.3 Å². The highest BCUT2D eigenvalue weighted by Gasteiger charge is 2.30. The summed E-state index contributed by atoms with van der Waals surface area (Å²) in [4.78, 5) is 30.5. The molecule has 41 heavy (non-hydrogen) atoms. The van der Waals surface area contributed by atoms with Crippen LogP contribution in [0.25, 0.3) is 10.1 Å². The van der Waals surface area contributed by atoms with Crippen molar-refractivity contribution in [2.75, 3.05) is 55.9 Å². The van der Waals surface area contributed by atoms with Gasteiger partial charge in [0, 0.05) is 54.4 Å². The summed E-state index contributed by atoms with van der Waals surface area (Å²) in [6.45, 7) is 5.18. The second kappa shape index (κ2) is 13.1. The summed E-state index contributed by atoms with van der Waals surface area (Å²) in [5.41, 5.74) is 2.79. The van der Waals surface area contributed by atoms with Gasteiger partial charge in [-0.1, -0.05) is 12.1 Å². The van der Waals surface area contributed by atoms with Crippen LogP contribution in [0, 0.1) is 0 Å². The summed E-state index contributed by atoms with van der Waals surface area (Å²) in [5.74, 6) is -0.635. The van der Waals surface area contributed by atoms with Crippen molar-refractivity contribution in [1.82, 2.24) is 4.90 Å². The fourth-order valence-electron chi connectivity index (χ4n) is 5.29. The predicted octanol–water partition coefficient (Wildman–Crippen LogP) is 6.00. The number of fused-ring (bicyclic) bond motifs is 2. The van der Waals surface area contributed by atoms with Gasteiger partial charge < -0.3 is 14.4 Å². The smallest absolute Gasteiger partial charge is 0.389 e. The Kier molecular flexibility index (Phi) is 9.34. The number of alkyl halides is 3. The normalized spacial score (nSPS) is 16.2. The molecule has 0 spiro atoms. The Morgan fingerprint density at radius 1 is 0.976 bits per heavy atom. The lowest BCUT2D eigenvalue weighted by Gasteiger charge is -2.36. The lowest BCUT2D eigenvalue weighted by atomic mass is 10.0. The van der Waals surface area contributed by atoms with Crippen molar-refractivity contribution in [1.29, 1.82) is 0 Å². The fraction of sp³-hybridized carbons (Fsp3) is 0.467. The number of halogens is 3. The number of anilines is 2. The van der Waals surface area contributed by atoms with Crippen LogP contribution in [-0.4, -0.2) is 69.0 Å². The lowest BCUT2D eigenvalue weighted by molar-refractivity contribution is -0.157. The molecule has 0 N–H and O–H groups in total. The van der Waals surface area contributed by atoms with E-state index in [1.54, 1.807) is 17.4 Å². The van der Waals surface area contributed by atoms with Crippen molar-refractivity contribution in [3.05, 3.63) is 53.4 Å². The molecule has 5 rings (SSSR count). The van der Waals surface area contributed by atoms with Crippen molar-refractivity contribution in [3.8, 4) is 5.75 Å². The zero-order chi connectivity index (χ0) is 28.8. The molecule has 0 bridgehead atoms. The Labute approximate surface area is 241 Å². The van der Waals surface area contributed by atoms with E-state index in [4.69, 9.17) is 9.47 Å². The first kappa shape index (κ1) is 29.2. The topological polar surface area (TPSA) is 62.3 Å². The number of carbonyl (C=O) groups is 2. The van der Waals surface area contributed by atoms with Crippen LogP contribution >= 0.6 is 11.3 Å². The largest absolute Gasteiger partial charge is 0.494 e. The van der Waals surface area contributed by atoms with Gasteiger partial charge in [0.25, 0.3) is 0 Å². The van der Waals surface area contributed by atoms with E-state index in [9.17, 15) is 22.8 Å². The number of nitrogens with zero attached hydrogens (tertiary/aromatic N) is 3. The molecule has 11 heteroatoms. The molecule has 0 aliphatic carbocycles. The summed E-state index contributed by atoms with van der Waals surface area (Å²) >= 11 is 1.78. The number of hydrogen-bond acceptors (Lipinski definition) is 7. The van der Waals surface area contributed by atoms with Crippen molar-refractivity contribution in [3.63, 3.8) is 0 Å². The number of unbranched alkanes of at least 4 members (excludes halogenated alkanes) is 1. The third-order valence-corrected chi connectivity index (χ3v) is 8.43. The van der Waals surface area contributed by atoms with Crippen LogP contribution in [0.4, 0.5) is 24.5 Å². The molecule has 3 aromatic rings. The highest BCUT2D eigenvalue weighted by atomic mass is 32.1. The zero-order valence-electron chi connectivity index (χ0n) is 22.8. The minimum absolute atomic E-state index is 0.241. The zero-order valence-corrected chi connectivity index (χ0v) is 23.6. The van der Waals surface area contributed by atoms with E-state index in [0.29, 0.717) is 24.5 Å². The van der Waals surface area contributed by atoms with E-state index in [1.807, 2.05) is 12.1 Å². The minimum atomic E-state index is -4.44. The molecule has 0 saturated carbocycles. The van der Waals surface area contributed by atoms with Gasteiger partial charge >= 0.3 is 12.1 Å². The molecule has 220 valence electrons. The first-order valence-electron chi connectivity index (χ1n) is 14.0. The Balaban J connectivity index is 1.04. The van der Waals surface area contributed by atoms with Crippen LogP contribution in [0.3, 0.4) is 0 Å². The fourth-order valence-corrected chi connectivity index (χ4v) is 6.10. The Bertz CT molecular complexity index is 1350. The van der Waals surface area contributed by atoms with Gasteiger partial charge in [-0.3, -0.25) is 19.4 Å². The molecule has 2 aromatic carbocycles. The van der Waals surface area contributed by atoms with E-state index in [0.717, 1.165) is 51.1 Å². The highest BCUT2D eigenvalue weighted by molar-refractivity contribution is 7.17. The highest BCUT2D eigenvalue weighted by Crippen LogP contribution is 2.33. The molecule has 2 aliphatic rings. The van der Waals surface area contributed by atoms with E-state index >= 15 is 0 Å². The van der Waals surface area contributed by atoms with Crippen LogP contribution < -0.4 is 14.5 Å². The van der Waals surface area contributed by atoms with E-state index < -0.39 is 31.7 Å². The molecule has 2 aliphatic heterocycles. The minimum Gasteiger partial charge on any atom is -0.494 e. The summed E-state index contributed by atoms with van der Waals surface area (Å²) < 4.78 is 49.4. The summed E-state index contributed by atoms with van der Waals surface area (Å²) in [6.07, 6.45) is -3.80. The summed E-state index contributed by atoms with van der Waals surface area (Å²) in [7, 11) is 0. The van der Waals surface area contributed by atoms with E-state index in [2.05, 4.69) is 39.4 Å². The molecule has 3 heterocycles. The third-order valence-electron chi connectivity index (χ3n) is 7.55. The third kappa shape index (κ3) is 7.71. The molecule has 7 nitrogen and oxygen atoms in total. The van der Waals surface area contributed by atoms with Crippen molar-refractivity contribution in [2.45, 2.75) is 44.7 Å². The van der Waals surface area contributed by atoms with E-state index in [1.165, 1.54) is 20.7 Å².